The van der Waals surface area contributed by atoms with Crippen LogP contribution in [0.15, 0.2) is 82.8 Å². The first-order valence-corrected chi connectivity index (χ1v) is 10.4. The third kappa shape index (κ3) is 5.87. The number of non-ortho nitro benzene ring substituents is 1. The van der Waals surface area contributed by atoms with Gasteiger partial charge in [0.05, 0.1) is 11.1 Å². The molecule has 0 aliphatic carbocycles. The number of nitrogens with zero attached hydrogens (tertiary/aromatic N) is 2. The third-order valence-corrected chi connectivity index (χ3v) is 5.36. The fraction of sp³-hybridized carbons (Fsp3) is 0. The molecule has 0 radical (unpaired) electrons. The summed E-state index contributed by atoms with van der Waals surface area (Å²) in [6.45, 7) is 0. The van der Waals surface area contributed by atoms with Crippen molar-refractivity contribution in [3.8, 4) is 5.75 Å². The van der Waals surface area contributed by atoms with Crippen molar-refractivity contribution in [2.45, 2.75) is 4.90 Å². The molecule has 0 aliphatic rings. The fourth-order valence-electron chi connectivity index (χ4n) is 2.42. The van der Waals surface area contributed by atoms with E-state index in [1.165, 1.54) is 24.4 Å². The molecule has 0 unspecified atom stereocenters. The minimum Gasteiger partial charge on any atom is -0.379 e. The molecule has 0 heterocycles. The Bertz CT molecular complexity index is 1260. The van der Waals surface area contributed by atoms with Gasteiger partial charge in [0.25, 0.3) is 11.6 Å². The van der Waals surface area contributed by atoms with Crippen LogP contribution in [0, 0.1) is 10.1 Å². The van der Waals surface area contributed by atoms with Crippen LogP contribution in [-0.4, -0.2) is 25.5 Å². The van der Waals surface area contributed by atoms with Gasteiger partial charge in [-0.2, -0.15) is 13.5 Å². The highest BCUT2D eigenvalue weighted by atomic mass is 35.5. The SMILES string of the molecule is O=C(N/N=C\c1cccc(OS(=O)(=O)c2ccc([N+](=O)[O-])cc2)c1)c1cccc(Cl)c1. The second kappa shape index (κ2) is 9.37. The second-order valence-electron chi connectivity index (χ2n) is 6.07. The molecule has 31 heavy (non-hydrogen) atoms. The molecule has 9 nitrogen and oxygen atoms in total. The van der Waals surface area contributed by atoms with Gasteiger partial charge in [-0.15, -0.1) is 0 Å². The van der Waals surface area contributed by atoms with E-state index in [4.69, 9.17) is 15.8 Å². The molecule has 3 rings (SSSR count). The average molecular weight is 460 g/mol. The Balaban J connectivity index is 1.68. The number of carbonyl (C=O) groups excluding carboxylic acids is 1. The minimum atomic E-state index is -4.20. The topological polar surface area (TPSA) is 128 Å². The molecule has 0 fully saturated rings. The van der Waals surface area contributed by atoms with Gasteiger partial charge >= 0.3 is 10.1 Å². The van der Waals surface area contributed by atoms with Crippen LogP contribution >= 0.6 is 11.6 Å². The monoisotopic (exact) mass is 459 g/mol. The van der Waals surface area contributed by atoms with E-state index < -0.39 is 20.9 Å². The van der Waals surface area contributed by atoms with Crippen molar-refractivity contribution in [3.05, 3.63) is 99.1 Å². The van der Waals surface area contributed by atoms with Crippen LogP contribution in [0.4, 0.5) is 5.69 Å². The van der Waals surface area contributed by atoms with Gasteiger partial charge < -0.3 is 4.18 Å². The van der Waals surface area contributed by atoms with E-state index in [0.29, 0.717) is 16.1 Å². The standard InChI is InChI=1S/C20H14ClN3O6S/c21-16-5-2-4-15(12-16)20(25)23-22-13-14-3-1-6-18(11-14)30-31(28,29)19-9-7-17(8-10-19)24(26)27/h1-13H,(H,23,25)/b22-13-. The maximum atomic E-state index is 12.4. The zero-order chi connectivity index (χ0) is 22.4. The first kappa shape index (κ1) is 21.9. The fourth-order valence-corrected chi connectivity index (χ4v) is 3.53. The number of hydrazone groups is 1. The lowest BCUT2D eigenvalue weighted by Crippen LogP contribution is -2.17. The molecule has 3 aromatic rings. The summed E-state index contributed by atoms with van der Waals surface area (Å²) in [6.07, 6.45) is 1.31. The summed E-state index contributed by atoms with van der Waals surface area (Å²) in [7, 11) is -4.20. The number of nitro groups is 1. The van der Waals surface area contributed by atoms with E-state index in [2.05, 4.69) is 10.5 Å². The van der Waals surface area contributed by atoms with Crippen LogP contribution < -0.4 is 9.61 Å². The lowest BCUT2D eigenvalue weighted by Gasteiger charge is -2.07. The van der Waals surface area contributed by atoms with Crippen LogP contribution in [0.2, 0.25) is 5.02 Å². The van der Waals surface area contributed by atoms with Gasteiger partial charge in [0.2, 0.25) is 0 Å². The predicted molar refractivity (Wildman–Crippen MR) is 114 cm³/mol. The van der Waals surface area contributed by atoms with Crippen molar-refractivity contribution >= 4 is 39.5 Å². The van der Waals surface area contributed by atoms with E-state index in [9.17, 15) is 23.3 Å². The highest BCUT2D eigenvalue weighted by Crippen LogP contribution is 2.21. The van der Waals surface area contributed by atoms with Crippen LogP contribution in [0.25, 0.3) is 0 Å². The lowest BCUT2D eigenvalue weighted by atomic mass is 10.2. The van der Waals surface area contributed by atoms with E-state index in [1.807, 2.05) is 0 Å². The Morgan fingerprint density at radius 1 is 1.06 bits per heavy atom. The molecule has 0 aromatic heterocycles. The third-order valence-electron chi connectivity index (χ3n) is 3.87. The Morgan fingerprint density at radius 3 is 2.45 bits per heavy atom. The Kier molecular flexibility index (Phi) is 6.63. The minimum absolute atomic E-state index is 0.00321. The van der Waals surface area contributed by atoms with Gasteiger partial charge in [0.1, 0.15) is 10.6 Å². The number of amides is 1. The smallest absolute Gasteiger partial charge is 0.339 e. The molecular weight excluding hydrogens is 446 g/mol. The lowest BCUT2D eigenvalue weighted by molar-refractivity contribution is -0.384. The summed E-state index contributed by atoms with van der Waals surface area (Å²) in [5.41, 5.74) is 2.89. The van der Waals surface area contributed by atoms with Gasteiger partial charge in [-0.05, 0) is 48.0 Å². The van der Waals surface area contributed by atoms with E-state index >= 15 is 0 Å². The van der Waals surface area contributed by atoms with Gasteiger partial charge in [0, 0.05) is 22.7 Å². The number of hydrogen-bond donors (Lipinski definition) is 1. The maximum Gasteiger partial charge on any atom is 0.339 e. The van der Waals surface area contributed by atoms with E-state index in [-0.39, 0.29) is 16.3 Å². The molecule has 0 spiro atoms. The van der Waals surface area contributed by atoms with Crippen molar-refractivity contribution in [2.24, 2.45) is 5.10 Å². The summed E-state index contributed by atoms with van der Waals surface area (Å²) in [4.78, 5) is 21.9. The zero-order valence-electron chi connectivity index (χ0n) is 15.6. The predicted octanol–water partition coefficient (Wildman–Crippen LogP) is 3.78. The zero-order valence-corrected chi connectivity index (χ0v) is 17.2. The number of carbonyl (C=O) groups is 1. The first-order valence-electron chi connectivity index (χ1n) is 8.62. The van der Waals surface area contributed by atoms with Crippen molar-refractivity contribution in [3.63, 3.8) is 0 Å². The number of halogens is 1. The summed E-state index contributed by atoms with van der Waals surface area (Å²) >= 11 is 5.84. The second-order valence-corrected chi connectivity index (χ2v) is 8.05. The average Bonchev–Trinajstić information content (AvgIpc) is 2.73. The van der Waals surface area contributed by atoms with Crippen LogP contribution in [0.1, 0.15) is 15.9 Å². The summed E-state index contributed by atoms with van der Waals surface area (Å²) in [5, 5.41) is 14.9. The molecule has 3 aromatic carbocycles. The number of benzene rings is 3. The molecular formula is C20H14ClN3O6S. The molecule has 0 aliphatic heterocycles. The largest absolute Gasteiger partial charge is 0.379 e. The summed E-state index contributed by atoms with van der Waals surface area (Å²) in [5.74, 6) is -0.463. The molecule has 1 N–H and O–H groups in total. The van der Waals surface area contributed by atoms with Gasteiger partial charge in [0.15, 0.2) is 0 Å². The summed E-state index contributed by atoms with van der Waals surface area (Å²) < 4.78 is 29.9. The maximum absolute atomic E-state index is 12.4. The van der Waals surface area contributed by atoms with Crippen LogP contribution in [0.3, 0.4) is 0 Å². The normalized spacial score (nSPS) is 11.3. The highest BCUT2D eigenvalue weighted by Gasteiger charge is 2.18. The quantitative estimate of drug-likeness (QED) is 0.248. The number of rotatable bonds is 7. The number of nitrogens with one attached hydrogen (secondary N) is 1. The number of nitro benzene ring substituents is 1. The first-order chi connectivity index (χ1) is 14.7. The highest BCUT2D eigenvalue weighted by molar-refractivity contribution is 7.87. The summed E-state index contributed by atoms with van der Waals surface area (Å²) in [6, 6.07) is 16.6. The van der Waals surface area contributed by atoms with E-state index in [0.717, 1.165) is 24.3 Å². The van der Waals surface area contributed by atoms with Crippen molar-refractivity contribution in [2.75, 3.05) is 0 Å². The van der Waals surface area contributed by atoms with Crippen LogP contribution in [0.5, 0.6) is 5.75 Å². The van der Waals surface area contributed by atoms with Crippen LogP contribution in [-0.2, 0) is 10.1 Å². The molecule has 0 atom stereocenters. The molecule has 158 valence electrons. The van der Waals surface area contributed by atoms with Gasteiger partial charge in [-0.3, -0.25) is 14.9 Å². The Hall–Kier alpha value is -3.76. The van der Waals surface area contributed by atoms with Crippen molar-refractivity contribution in [1.82, 2.24) is 5.43 Å². The van der Waals surface area contributed by atoms with E-state index in [1.54, 1.807) is 30.3 Å². The van der Waals surface area contributed by atoms with Crippen molar-refractivity contribution < 1.29 is 22.3 Å². The molecule has 0 saturated carbocycles. The number of hydrogen-bond acceptors (Lipinski definition) is 7. The molecule has 0 saturated heterocycles. The Morgan fingerprint density at radius 2 is 1.77 bits per heavy atom. The van der Waals surface area contributed by atoms with Gasteiger partial charge in [-0.1, -0.05) is 29.8 Å². The molecule has 0 bridgehead atoms. The molecule has 1 amide bonds. The Labute approximate surface area is 182 Å². The van der Waals surface area contributed by atoms with Crippen molar-refractivity contribution in [1.29, 1.82) is 0 Å². The molecule has 11 heteroatoms. The van der Waals surface area contributed by atoms with Gasteiger partial charge in [-0.25, -0.2) is 5.43 Å².